The van der Waals surface area contributed by atoms with Gasteiger partial charge in [0, 0.05) is 37.5 Å². The van der Waals surface area contributed by atoms with Crippen LogP contribution in [0.2, 0.25) is 0 Å². The molecule has 39 heavy (non-hydrogen) atoms. The first-order valence-electron chi connectivity index (χ1n) is 13.2. The van der Waals surface area contributed by atoms with Gasteiger partial charge in [0.2, 0.25) is 0 Å². The minimum atomic E-state index is -0.659. The average molecular weight is 537 g/mol. The molecule has 1 aliphatic rings. The molecule has 0 unspecified atom stereocenters. The number of rotatable bonds is 12. The Balaban J connectivity index is 1.30. The van der Waals surface area contributed by atoms with Gasteiger partial charge < -0.3 is 29.4 Å². The highest BCUT2D eigenvalue weighted by molar-refractivity contribution is 6.04. The molecule has 0 radical (unpaired) electrons. The molecular weight excluding hydrogens is 496 g/mol. The Morgan fingerprint density at radius 2 is 1.31 bits per heavy atom. The van der Waals surface area contributed by atoms with Gasteiger partial charge in [-0.2, -0.15) is 0 Å². The van der Waals surface area contributed by atoms with E-state index in [9.17, 15) is 4.79 Å². The second kappa shape index (κ2) is 13.6. The summed E-state index contributed by atoms with van der Waals surface area (Å²) in [5.41, 5.74) is 1.35. The Morgan fingerprint density at radius 1 is 0.846 bits per heavy atom. The quantitative estimate of drug-likeness (QED) is 0.176. The zero-order valence-electron chi connectivity index (χ0n) is 23.3. The van der Waals surface area contributed by atoms with Crippen molar-refractivity contribution in [3.63, 3.8) is 0 Å². The summed E-state index contributed by atoms with van der Waals surface area (Å²) in [5, 5.41) is 26.6. The molecule has 210 valence electrons. The Kier molecular flexibility index (Phi) is 10.3. The van der Waals surface area contributed by atoms with E-state index >= 15 is 0 Å². The minimum absolute atomic E-state index is 0.0350. The van der Waals surface area contributed by atoms with Crippen molar-refractivity contribution in [1.82, 2.24) is 15.1 Å². The van der Waals surface area contributed by atoms with Crippen molar-refractivity contribution < 1.29 is 19.0 Å². The van der Waals surface area contributed by atoms with Crippen molar-refractivity contribution in [3.8, 4) is 11.5 Å². The van der Waals surface area contributed by atoms with Gasteiger partial charge in [-0.05, 0) is 94.6 Å². The molecule has 1 amide bonds. The smallest absolute Gasteiger partial charge is 0.413 e. The number of nitrogens with zero attached hydrogens (tertiary/aromatic N) is 2. The summed E-state index contributed by atoms with van der Waals surface area (Å²) in [5.74, 6) is 1.99. The predicted molar refractivity (Wildman–Crippen MR) is 153 cm³/mol. The molecule has 0 aromatic heterocycles. The molecule has 1 saturated heterocycles. The van der Waals surface area contributed by atoms with Crippen LogP contribution in [-0.4, -0.2) is 78.4 Å². The number of carbonyl (C=O) groups is 1. The molecule has 0 aliphatic carbocycles. The SMILES string of the molecule is CC(=N)c1ccc(OCCCN2CCN(CCCOc3ccc(C(=N)NC(=O)OC(C)(C)C)cc3)C2=N)cc1. The molecule has 2 aromatic carbocycles. The van der Waals surface area contributed by atoms with Crippen molar-refractivity contribution >= 4 is 23.6 Å². The number of amides is 1. The Bertz CT molecular complexity index is 1140. The molecular formula is C29H40N6O4. The fourth-order valence-corrected chi connectivity index (χ4v) is 3.98. The maximum absolute atomic E-state index is 11.9. The third-order valence-corrected chi connectivity index (χ3v) is 5.98. The Hall–Kier alpha value is -4.08. The number of amidine groups is 1. The summed E-state index contributed by atoms with van der Waals surface area (Å²) in [6, 6.07) is 14.5. The standard InChI is InChI=1S/C29H40N6O4/c1-21(30)22-7-11-24(12-8-22)37-19-5-15-34-17-18-35(27(34)32)16-6-20-38-25-13-9-23(10-14-25)26(31)33-28(36)39-29(2,3)4/h7-14,30,32H,5-6,15-20H2,1-4H3,(H2,31,33,36). The van der Waals surface area contributed by atoms with E-state index in [0.717, 1.165) is 50.3 Å². The Labute approximate surface area is 230 Å². The van der Waals surface area contributed by atoms with E-state index in [1.807, 2.05) is 24.3 Å². The number of nitrogens with one attached hydrogen (secondary N) is 4. The summed E-state index contributed by atoms with van der Waals surface area (Å²) in [6.45, 7) is 11.3. The molecule has 1 aliphatic heterocycles. The fraction of sp³-hybridized carbons (Fsp3) is 0.448. The van der Waals surface area contributed by atoms with Gasteiger partial charge in [-0.1, -0.05) is 0 Å². The normalized spacial score (nSPS) is 13.3. The van der Waals surface area contributed by atoms with Gasteiger partial charge in [0.25, 0.3) is 0 Å². The van der Waals surface area contributed by atoms with Gasteiger partial charge >= 0.3 is 6.09 Å². The van der Waals surface area contributed by atoms with E-state index in [0.29, 0.717) is 36.2 Å². The van der Waals surface area contributed by atoms with Gasteiger partial charge in [-0.25, -0.2) is 4.79 Å². The number of guanidine groups is 1. The van der Waals surface area contributed by atoms with Crippen LogP contribution in [0.15, 0.2) is 48.5 Å². The molecule has 3 rings (SSSR count). The largest absolute Gasteiger partial charge is 0.494 e. The molecule has 10 heteroatoms. The summed E-state index contributed by atoms with van der Waals surface area (Å²) >= 11 is 0. The van der Waals surface area contributed by atoms with E-state index in [-0.39, 0.29) is 5.84 Å². The van der Waals surface area contributed by atoms with Crippen LogP contribution >= 0.6 is 0 Å². The van der Waals surface area contributed by atoms with Crippen molar-refractivity contribution in [1.29, 1.82) is 16.2 Å². The molecule has 0 atom stereocenters. The minimum Gasteiger partial charge on any atom is -0.494 e. The number of alkyl carbamates (subject to hydrolysis) is 1. The lowest BCUT2D eigenvalue weighted by Gasteiger charge is -2.21. The van der Waals surface area contributed by atoms with Gasteiger partial charge in [0.05, 0.1) is 13.2 Å². The zero-order chi connectivity index (χ0) is 28.4. The first-order valence-corrected chi connectivity index (χ1v) is 13.2. The van der Waals surface area contributed by atoms with Crippen LogP contribution in [0.25, 0.3) is 0 Å². The first kappa shape index (κ1) is 29.5. The van der Waals surface area contributed by atoms with Crippen molar-refractivity contribution in [2.45, 2.75) is 46.1 Å². The summed E-state index contributed by atoms with van der Waals surface area (Å²) < 4.78 is 16.8. The lowest BCUT2D eigenvalue weighted by molar-refractivity contribution is 0.0563. The van der Waals surface area contributed by atoms with Crippen LogP contribution in [0.3, 0.4) is 0 Å². The van der Waals surface area contributed by atoms with Gasteiger partial charge in [-0.15, -0.1) is 0 Å². The second-order valence-electron chi connectivity index (χ2n) is 10.4. The average Bonchev–Trinajstić information content (AvgIpc) is 3.23. The number of ether oxygens (including phenoxy) is 3. The van der Waals surface area contributed by atoms with Gasteiger partial charge in [0.1, 0.15) is 22.9 Å². The lowest BCUT2D eigenvalue weighted by Crippen LogP contribution is -2.36. The highest BCUT2D eigenvalue weighted by atomic mass is 16.6. The molecule has 10 nitrogen and oxygen atoms in total. The maximum atomic E-state index is 11.9. The van der Waals surface area contributed by atoms with Crippen LogP contribution in [0, 0.1) is 16.2 Å². The van der Waals surface area contributed by atoms with E-state index in [1.165, 1.54) is 0 Å². The van der Waals surface area contributed by atoms with Crippen LogP contribution in [-0.2, 0) is 4.74 Å². The topological polar surface area (TPSA) is 135 Å². The molecule has 1 heterocycles. The number of hydrogen-bond donors (Lipinski definition) is 4. The molecule has 0 saturated carbocycles. The maximum Gasteiger partial charge on any atom is 0.413 e. The van der Waals surface area contributed by atoms with E-state index < -0.39 is 11.7 Å². The van der Waals surface area contributed by atoms with Crippen LogP contribution in [0.1, 0.15) is 51.7 Å². The number of benzene rings is 2. The molecule has 1 fully saturated rings. The van der Waals surface area contributed by atoms with Crippen LogP contribution < -0.4 is 14.8 Å². The van der Waals surface area contributed by atoms with E-state index in [2.05, 4.69) is 15.1 Å². The highest BCUT2D eigenvalue weighted by Crippen LogP contribution is 2.15. The van der Waals surface area contributed by atoms with E-state index in [1.54, 1.807) is 52.0 Å². The Morgan fingerprint density at radius 3 is 1.74 bits per heavy atom. The van der Waals surface area contributed by atoms with Crippen LogP contribution in [0.5, 0.6) is 11.5 Å². The highest BCUT2D eigenvalue weighted by Gasteiger charge is 2.24. The monoisotopic (exact) mass is 536 g/mol. The number of carbonyl (C=O) groups excluding carboxylic acids is 1. The zero-order valence-corrected chi connectivity index (χ0v) is 23.3. The first-order chi connectivity index (χ1) is 18.5. The van der Waals surface area contributed by atoms with Crippen molar-refractivity contribution in [2.24, 2.45) is 0 Å². The van der Waals surface area contributed by atoms with E-state index in [4.69, 9.17) is 30.4 Å². The van der Waals surface area contributed by atoms with Crippen LogP contribution in [0.4, 0.5) is 4.79 Å². The predicted octanol–water partition coefficient (Wildman–Crippen LogP) is 4.71. The molecule has 0 spiro atoms. The van der Waals surface area contributed by atoms with Crippen molar-refractivity contribution in [2.75, 3.05) is 39.4 Å². The fourth-order valence-electron chi connectivity index (χ4n) is 3.98. The van der Waals surface area contributed by atoms with Gasteiger partial charge in [-0.3, -0.25) is 16.1 Å². The lowest BCUT2D eigenvalue weighted by atomic mass is 10.1. The molecule has 2 aromatic rings. The third kappa shape index (κ3) is 9.63. The summed E-state index contributed by atoms with van der Waals surface area (Å²) in [6.07, 6.45) is 0.946. The summed E-state index contributed by atoms with van der Waals surface area (Å²) in [7, 11) is 0. The number of hydrogen-bond acceptors (Lipinski definition) is 7. The second-order valence-corrected chi connectivity index (χ2v) is 10.4. The summed E-state index contributed by atoms with van der Waals surface area (Å²) in [4.78, 5) is 16.0. The molecule has 4 N–H and O–H groups in total. The van der Waals surface area contributed by atoms with Crippen molar-refractivity contribution in [3.05, 3.63) is 59.7 Å². The van der Waals surface area contributed by atoms with Gasteiger partial charge in [0.15, 0.2) is 5.96 Å². The third-order valence-electron chi connectivity index (χ3n) is 5.98. The molecule has 0 bridgehead atoms.